The Kier molecular flexibility index (Phi) is 6.13. The van der Waals surface area contributed by atoms with Crippen molar-refractivity contribution in [3.63, 3.8) is 0 Å². The summed E-state index contributed by atoms with van der Waals surface area (Å²) in [5.41, 5.74) is 0.920. The second-order valence-electron chi connectivity index (χ2n) is 6.05. The van der Waals surface area contributed by atoms with Crippen molar-refractivity contribution < 1.29 is 22.3 Å². The third kappa shape index (κ3) is 5.32. The molecular weight excluding hydrogens is 395 g/mol. The highest BCUT2D eigenvalue weighted by Gasteiger charge is 2.15. The van der Waals surface area contributed by atoms with Crippen molar-refractivity contribution in [2.24, 2.45) is 0 Å². The Morgan fingerprint density at radius 1 is 0.966 bits per heavy atom. The van der Waals surface area contributed by atoms with Gasteiger partial charge in [0.1, 0.15) is 11.6 Å². The van der Waals surface area contributed by atoms with Gasteiger partial charge >= 0.3 is 0 Å². The Labute approximate surface area is 168 Å². The molecule has 150 valence electrons. The SMILES string of the molecule is CCOc1ccc(S(=O)(=O)Nc2cccc(C(=O)Nc3ccc(F)cc3)c2)cc1. The minimum absolute atomic E-state index is 0.0714. The number of rotatable bonds is 7. The van der Waals surface area contributed by atoms with Crippen LogP contribution < -0.4 is 14.8 Å². The molecule has 0 spiro atoms. The van der Waals surface area contributed by atoms with Gasteiger partial charge < -0.3 is 10.1 Å². The summed E-state index contributed by atoms with van der Waals surface area (Å²) in [7, 11) is -3.83. The molecule has 0 saturated carbocycles. The van der Waals surface area contributed by atoms with Gasteiger partial charge in [-0.15, -0.1) is 0 Å². The van der Waals surface area contributed by atoms with E-state index < -0.39 is 21.7 Å². The highest BCUT2D eigenvalue weighted by atomic mass is 32.2. The van der Waals surface area contributed by atoms with Crippen LogP contribution in [0.1, 0.15) is 17.3 Å². The first kappa shape index (κ1) is 20.3. The highest BCUT2D eigenvalue weighted by Crippen LogP contribution is 2.20. The summed E-state index contributed by atoms with van der Waals surface area (Å²) >= 11 is 0. The summed E-state index contributed by atoms with van der Waals surface area (Å²) in [5.74, 6) is -0.279. The van der Waals surface area contributed by atoms with Crippen LogP contribution >= 0.6 is 0 Å². The predicted molar refractivity (Wildman–Crippen MR) is 109 cm³/mol. The Morgan fingerprint density at radius 2 is 1.66 bits per heavy atom. The van der Waals surface area contributed by atoms with Crippen LogP contribution in [0.25, 0.3) is 0 Å². The normalized spacial score (nSPS) is 11.0. The fourth-order valence-corrected chi connectivity index (χ4v) is 3.61. The van der Waals surface area contributed by atoms with E-state index in [2.05, 4.69) is 10.0 Å². The molecule has 0 aliphatic carbocycles. The average Bonchev–Trinajstić information content (AvgIpc) is 2.70. The molecule has 3 aromatic rings. The molecule has 3 aromatic carbocycles. The summed E-state index contributed by atoms with van der Waals surface area (Å²) in [6.07, 6.45) is 0. The molecule has 0 saturated heterocycles. The number of benzene rings is 3. The van der Waals surface area contributed by atoms with E-state index in [1.165, 1.54) is 42.5 Å². The van der Waals surface area contributed by atoms with Gasteiger partial charge in [-0.25, -0.2) is 12.8 Å². The smallest absolute Gasteiger partial charge is 0.261 e. The van der Waals surface area contributed by atoms with Crippen LogP contribution in [0.3, 0.4) is 0 Å². The van der Waals surface area contributed by atoms with Crippen LogP contribution in [0.5, 0.6) is 5.75 Å². The first-order chi connectivity index (χ1) is 13.9. The minimum Gasteiger partial charge on any atom is -0.494 e. The van der Waals surface area contributed by atoms with Crippen molar-refractivity contribution in [1.82, 2.24) is 0 Å². The van der Waals surface area contributed by atoms with Crippen LogP contribution in [-0.4, -0.2) is 20.9 Å². The summed E-state index contributed by atoms with van der Waals surface area (Å²) in [6.45, 7) is 2.32. The zero-order valence-electron chi connectivity index (χ0n) is 15.6. The van der Waals surface area contributed by atoms with Crippen molar-refractivity contribution in [3.8, 4) is 5.75 Å². The van der Waals surface area contributed by atoms with Crippen LogP contribution in [0.15, 0.2) is 77.7 Å². The molecular formula is C21H19FN2O4S. The third-order valence-electron chi connectivity index (χ3n) is 3.92. The van der Waals surface area contributed by atoms with Gasteiger partial charge in [0.15, 0.2) is 0 Å². The van der Waals surface area contributed by atoms with Crippen molar-refractivity contribution in [2.75, 3.05) is 16.6 Å². The van der Waals surface area contributed by atoms with Crippen molar-refractivity contribution in [2.45, 2.75) is 11.8 Å². The molecule has 0 atom stereocenters. The van der Waals surface area contributed by atoms with Gasteiger partial charge in [0.05, 0.1) is 11.5 Å². The summed E-state index contributed by atoms with van der Waals surface area (Å²) in [5, 5.41) is 2.63. The Balaban J connectivity index is 1.74. The number of ether oxygens (including phenoxy) is 1. The Morgan fingerprint density at radius 3 is 2.31 bits per heavy atom. The van der Waals surface area contributed by atoms with Gasteiger partial charge in [0.25, 0.3) is 15.9 Å². The lowest BCUT2D eigenvalue weighted by Crippen LogP contribution is -2.15. The maximum absolute atomic E-state index is 13.0. The lowest BCUT2D eigenvalue weighted by molar-refractivity contribution is 0.102. The zero-order chi connectivity index (χ0) is 20.9. The zero-order valence-corrected chi connectivity index (χ0v) is 16.4. The summed E-state index contributed by atoms with van der Waals surface area (Å²) in [6, 6.07) is 17.5. The fourth-order valence-electron chi connectivity index (χ4n) is 2.56. The lowest BCUT2D eigenvalue weighted by atomic mass is 10.2. The number of carbonyl (C=O) groups is 1. The number of amides is 1. The number of nitrogens with one attached hydrogen (secondary N) is 2. The number of hydrogen-bond donors (Lipinski definition) is 2. The number of carbonyl (C=O) groups excluding carboxylic acids is 1. The van der Waals surface area contributed by atoms with E-state index in [4.69, 9.17) is 4.74 Å². The first-order valence-corrected chi connectivity index (χ1v) is 10.3. The molecule has 0 bridgehead atoms. The van der Waals surface area contributed by atoms with Crippen LogP contribution in [0.4, 0.5) is 15.8 Å². The number of anilines is 2. The van der Waals surface area contributed by atoms with E-state index in [9.17, 15) is 17.6 Å². The number of hydrogen-bond acceptors (Lipinski definition) is 4. The molecule has 0 aromatic heterocycles. The predicted octanol–water partition coefficient (Wildman–Crippen LogP) is 4.28. The van der Waals surface area contributed by atoms with Gasteiger partial charge in [0.2, 0.25) is 0 Å². The Hall–Kier alpha value is -3.39. The van der Waals surface area contributed by atoms with E-state index in [0.717, 1.165) is 0 Å². The topological polar surface area (TPSA) is 84.5 Å². The van der Waals surface area contributed by atoms with E-state index in [1.807, 2.05) is 6.92 Å². The van der Waals surface area contributed by atoms with Gasteiger partial charge in [-0.2, -0.15) is 0 Å². The molecule has 0 aliphatic heterocycles. The molecule has 0 aliphatic rings. The fraction of sp³-hybridized carbons (Fsp3) is 0.0952. The molecule has 1 amide bonds. The molecule has 3 rings (SSSR count). The monoisotopic (exact) mass is 414 g/mol. The molecule has 8 heteroatoms. The second kappa shape index (κ2) is 8.74. The maximum atomic E-state index is 13.0. The quantitative estimate of drug-likeness (QED) is 0.604. The maximum Gasteiger partial charge on any atom is 0.261 e. The standard InChI is InChI=1S/C21H19FN2O4S/c1-2-28-19-10-12-20(13-11-19)29(26,27)24-18-5-3-4-15(14-18)21(25)23-17-8-6-16(22)7-9-17/h3-14,24H,2H2,1H3,(H,23,25). The first-order valence-electron chi connectivity index (χ1n) is 8.80. The van der Waals surface area contributed by atoms with Gasteiger partial charge in [-0.3, -0.25) is 9.52 Å². The molecule has 2 N–H and O–H groups in total. The minimum atomic E-state index is -3.83. The van der Waals surface area contributed by atoms with E-state index in [0.29, 0.717) is 18.0 Å². The number of sulfonamides is 1. The van der Waals surface area contributed by atoms with E-state index in [1.54, 1.807) is 30.3 Å². The van der Waals surface area contributed by atoms with Gasteiger partial charge in [-0.1, -0.05) is 6.07 Å². The molecule has 0 heterocycles. The average molecular weight is 414 g/mol. The molecule has 0 fully saturated rings. The largest absolute Gasteiger partial charge is 0.494 e. The van der Waals surface area contributed by atoms with E-state index >= 15 is 0 Å². The molecule has 0 unspecified atom stereocenters. The van der Waals surface area contributed by atoms with Crippen LogP contribution in [0.2, 0.25) is 0 Å². The molecule has 6 nitrogen and oxygen atoms in total. The second-order valence-corrected chi connectivity index (χ2v) is 7.73. The summed E-state index contributed by atoms with van der Waals surface area (Å²) in [4.78, 5) is 12.5. The van der Waals surface area contributed by atoms with Gasteiger partial charge in [0, 0.05) is 16.9 Å². The van der Waals surface area contributed by atoms with Gasteiger partial charge in [-0.05, 0) is 73.7 Å². The third-order valence-corrected chi connectivity index (χ3v) is 5.32. The van der Waals surface area contributed by atoms with Crippen molar-refractivity contribution >= 4 is 27.3 Å². The molecule has 29 heavy (non-hydrogen) atoms. The Bertz CT molecular complexity index is 1100. The molecule has 0 radical (unpaired) electrons. The van der Waals surface area contributed by atoms with Crippen LogP contribution in [0, 0.1) is 5.82 Å². The van der Waals surface area contributed by atoms with Crippen molar-refractivity contribution in [1.29, 1.82) is 0 Å². The van der Waals surface area contributed by atoms with E-state index in [-0.39, 0.29) is 16.1 Å². The number of halogens is 1. The highest BCUT2D eigenvalue weighted by molar-refractivity contribution is 7.92. The van der Waals surface area contributed by atoms with Crippen LogP contribution in [-0.2, 0) is 10.0 Å². The van der Waals surface area contributed by atoms with Crippen molar-refractivity contribution in [3.05, 3.63) is 84.2 Å². The summed E-state index contributed by atoms with van der Waals surface area (Å²) < 4.78 is 45.9. The lowest BCUT2D eigenvalue weighted by Gasteiger charge is -2.11.